The summed E-state index contributed by atoms with van der Waals surface area (Å²) in [6, 6.07) is 7.19. The van der Waals surface area contributed by atoms with E-state index in [4.69, 9.17) is 16.3 Å². The highest BCUT2D eigenvalue weighted by Crippen LogP contribution is 2.39. The van der Waals surface area contributed by atoms with E-state index < -0.39 is 30.0 Å². The molecule has 2 aliphatic rings. The maximum Gasteiger partial charge on any atom is 0.310 e. The van der Waals surface area contributed by atoms with Crippen LogP contribution in [0.5, 0.6) is 0 Å². The normalized spacial score (nSPS) is 29.6. The van der Waals surface area contributed by atoms with E-state index in [0.717, 1.165) is 5.56 Å². The number of nitrogens with one attached hydrogen (secondary N) is 1. The molecule has 6 heteroatoms. The second-order valence-electron chi connectivity index (χ2n) is 5.15. The fourth-order valence-electron chi connectivity index (χ4n) is 2.86. The first-order valence-corrected chi connectivity index (χ1v) is 7.03. The van der Waals surface area contributed by atoms with Gasteiger partial charge in [-0.1, -0.05) is 42.0 Å². The Morgan fingerprint density at radius 3 is 2.52 bits per heavy atom. The monoisotopic (exact) mass is 307 g/mol. The maximum atomic E-state index is 12.3. The van der Waals surface area contributed by atoms with Gasteiger partial charge in [-0.2, -0.15) is 0 Å². The van der Waals surface area contributed by atoms with Crippen LogP contribution in [-0.4, -0.2) is 29.2 Å². The van der Waals surface area contributed by atoms with Gasteiger partial charge in [0.05, 0.1) is 18.1 Å². The maximum absolute atomic E-state index is 12.3. The minimum Gasteiger partial charge on any atom is -0.481 e. The number of carbonyl (C=O) groups excluding carboxylic acids is 1. The Kier molecular flexibility index (Phi) is 3.69. The van der Waals surface area contributed by atoms with Crippen molar-refractivity contribution in [2.45, 2.75) is 18.8 Å². The van der Waals surface area contributed by atoms with E-state index in [1.165, 1.54) is 0 Å². The molecule has 4 atom stereocenters. The van der Waals surface area contributed by atoms with Crippen LogP contribution in [0.2, 0.25) is 5.02 Å². The number of fused-ring (bicyclic) bond motifs is 2. The zero-order valence-electron chi connectivity index (χ0n) is 11.0. The molecule has 1 fully saturated rings. The van der Waals surface area contributed by atoms with E-state index in [-0.39, 0.29) is 12.5 Å². The molecule has 0 aliphatic carbocycles. The molecule has 0 spiro atoms. The zero-order chi connectivity index (χ0) is 15.0. The van der Waals surface area contributed by atoms with Gasteiger partial charge in [0, 0.05) is 11.6 Å². The fraction of sp³-hybridized carbons (Fsp3) is 0.333. The number of hydrogen-bond donors (Lipinski definition) is 2. The van der Waals surface area contributed by atoms with Crippen molar-refractivity contribution < 1.29 is 19.4 Å². The van der Waals surface area contributed by atoms with E-state index >= 15 is 0 Å². The number of aliphatic carboxylic acids is 1. The number of carboxylic acid groups (broad SMARTS) is 1. The van der Waals surface area contributed by atoms with Crippen LogP contribution in [-0.2, 0) is 20.9 Å². The van der Waals surface area contributed by atoms with Crippen LogP contribution in [0.25, 0.3) is 0 Å². The van der Waals surface area contributed by atoms with Crippen LogP contribution in [0.3, 0.4) is 0 Å². The number of ether oxygens (including phenoxy) is 1. The summed E-state index contributed by atoms with van der Waals surface area (Å²) >= 11 is 6.03. The molecule has 0 saturated carbocycles. The molecule has 2 bridgehead atoms. The van der Waals surface area contributed by atoms with Gasteiger partial charge in [0.25, 0.3) is 0 Å². The van der Waals surface area contributed by atoms with Gasteiger partial charge >= 0.3 is 5.97 Å². The van der Waals surface area contributed by atoms with Crippen LogP contribution in [0.4, 0.5) is 0 Å². The SMILES string of the molecule is O=C(O)[C@H]1[C@H](C(=O)NCc2ccccc2Cl)[C@H]2C=C[C@H]1O2. The van der Waals surface area contributed by atoms with Crippen LogP contribution in [0.15, 0.2) is 36.4 Å². The van der Waals surface area contributed by atoms with Gasteiger partial charge in [0.1, 0.15) is 5.92 Å². The molecule has 0 radical (unpaired) electrons. The van der Waals surface area contributed by atoms with Gasteiger partial charge in [-0.3, -0.25) is 9.59 Å². The average Bonchev–Trinajstić information content (AvgIpc) is 3.06. The Bertz CT molecular complexity index is 615. The summed E-state index contributed by atoms with van der Waals surface area (Å²) in [5.41, 5.74) is 0.791. The minimum atomic E-state index is -1.01. The number of amides is 1. The lowest BCUT2D eigenvalue weighted by atomic mass is 9.82. The third-order valence-corrected chi connectivity index (χ3v) is 4.27. The summed E-state index contributed by atoms with van der Waals surface area (Å²) in [6.45, 7) is 0.266. The molecule has 0 unspecified atom stereocenters. The zero-order valence-corrected chi connectivity index (χ0v) is 11.8. The van der Waals surface area contributed by atoms with E-state index in [2.05, 4.69) is 5.32 Å². The fourth-order valence-corrected chi connectivity index (χ4v) is 3.06. The molecule has 2 aliphatic heterocycles. The molecule has 3 rings (SSSR count). The predicted octanol–water partition coefficient (Wildman–Crippen LogP) is 1.61. The van der Waals surface area contributed by atoms with Gasteiger partial charge in [0.15, 0.2) is 0 Å². The number of halogens is 1. The number of carboxylic acids is 1. The lowest BCUT2D eigenvalue weighted by molar-refractivity contribution is -0.146. The quantitative estimate of drug-likeness (QED) is 0.829. The highest BCUT2D eigenvalue weighted by atomic mass is 35.5. The first-order valence-electron chi connectivity index (χ1n) is 6.65. The molecule has 5 nitrogen and oxygen atoms in total. The molecule has 2 N–H and O–H groups in total. The molecule has 1 aromatic carbocycles. The molecule has 1 amide bonds. The number of rotatable bonds is 4. The third kappa shape index (κ3) is 2.54. The third-order valence-electron chi connectivity index (χ3n) is 3.90. The average molecular weight is 308 g/mol. The molecular weight excluding hydrogens is 294 g/mol. The Morgan fingerprint density at radius 1 is 1.19 bits per heavy atom. The Morgan fingerprint density at radius 2 is 1.86 bits per heavy atom. The topological polar surface area (TPSA) is 75.6 Å². The van der Waals surface area contributed by atoms with Gasteiger partial charge in [-0.25, -0.2) is 0 Å². The largest absolute Gasteiger partial charge is 0.481 e. The summed E-state index contributed by atoms with van der Waals surface area (Å²) in [4.78, 5) is 23.6. The predicted molar refractivity (Wildman–Crippen MR) is 75.7 cm³/mol. The smallest absolute Gasteiger partial charge is 0.310 e. The second-order valence-corrected chi connectivity index (χ2v) is 5.56. The van der Waals surface area contributed by atoms with Crippen LogP contribution >= 0.6 is 11.6 Å². The lowest BCUT2D eigenvalue weighted by Gasteiger charge is -2.21. The Labute approximate surface area is 126 Å². The number of benzene rings is 1. The van der Waals surface area contributed by atoms with Crippen molar-refractivity contribution in [3.05, 3.63) is 47.0 Å². The van der Waals surface area contributed by atoms with Gasteiger partial charge in [0.2, 0.25) is 5.91 Å². The van der Waals surface area contributed by atoms with Crippen molar-refractivity contribution in [3.8, 4) is 0 Å². The summed E-state index contributed by atoms with van der Waals surface area (Å²) in [5.74, 6) is -2.85. The van der Waals surface area contributed by atoms with Crippen molar-refractivity contribution in [2.24, 2.45) is 11.8 Å². The van der Waals surface area contributed by atoms with E-state index in [1.807, 2.05) is 18.2 Å². The molecular formula is C15H14ClNO4. The van der Waals surface area contributed by atoms with Gasteiger partial charge < -0.3 is 15.2 Å². The standard InChI is InChI=1S/C15H14ClNO4/c16-9-4-2-1-3-8(9)7-17-14(18)12-10-5-6-11(21-10)13(12)15(19)20/h1-6,10-13H,7H2,(H,17,18)(H,19,20)/t10-,11-,12-,13-/m1/s1. The first kappa shape index (κ1) is 14.1. The summed E-state index contributed by atoms with van der Waals surface area (Å²) in [5, 5.41) is 12.6. The van der Waals surface area contributed by atoms with Crippen LogP contribution < -0.4 is 5.32 Å². The highest BCUT2D eigenvalue weighted by Gasteiger charge is 2.53. The molecule has 21 heavy (non-hydrogen) atoms. The van der Waals surface area contributed by atoms with Gasteiger partial charge in [-0.15, -0.1) is 0 Å². The first-order chi connectivity index (χ1) is 10.1. The van der Waals surface area contributed by atoms with Crippen molar-refractivity contribution in [1.29, 1.82) is 0 Å². The van der Waals surface area contributed by atoms with Crippen molar-refractivity contribution in [3.63, 3.8) is 0 Å². The van der Waals surface area contributed by atoms with Crippen molar-refractivity contribution >= 4 is 23.5 Å². The minimum absolute atomic E-state index is 0.266. The molecule has 1 saturated heterocycles. The molecule has 110 valence electrons. The van der Waals surface area contributed by atoms with E-state index in [1.54, 1.807) is 18.2 Å². The summed E-state index contributed by atoms with van der Waals surface area (Å²) in [7, 11) is 0. The number of carbonyl (C=O) groups is 2. The number of hydrogen-bond acceptors (Lipinski definition) is 3. The second kappa shape index (κ2) is 5.50. The van der Waals surface area contributed by atoms with Crippen molar-refractivity contribution in [1.82, 2.24) is 5.32 Å². The molecule has 0 aromatic heterocycles. The Balaban J connectivity index is 1.69. The molecule has 2 heterocycles. The van der Waals surface area contributed by atoms with Crippen molar-refractivity contribution in [2.75, 3.05) is 0 Å². The van der Waals surface area contributed by atoms with Gasteiger partial charge in [-0.05, 0) is 11.6 Å². The van der Waals surface area contributed by atoms with E-state index in [9.17, 15) is 14.7 Å². The van der Waals surface area contributed by atoms with Crippen LogP contribution in [0, 0.1) is 11.8 Å². The Hall–Kier alpha value is -1.85. The highest BCUT2D eigenvalue weighted by molar-refractivity contribution is 6.31. The summed E-state index contributed by atoms with van der Waals surface area (Å²) < 4.78 is 5.48. The molecule has 1 aromatic rings. The summed E-state index contributed by atoms with van der Waals surface area (Å²) in [6.07, 6.45) is 2.50. The van der Waals surface area contributed by atoms with E-state index in [0.29, 0.717) is 5.02 Å². The lowest BCUT2D eigenvalue weighted by Crippen LogP contribution is -2.42. The van der Waals surface area contributed by atoms with Crippen LogP contribution in [0.1, 0.15) is 5.56 Å².